The highest BCUT2D eigenvalue weighted by Crippen LogP contribution is 2.26. The number of benzene rings is 2. The van der Waals surface area contributed by atoms with Gasteiger partial charge < -0.3 is 24.5 Å². The molecule has 2 amide bonds. The summed E-state index contributed by atoms with van der Waals surface area (Å²) >= 11 is 0. The second-order valence-electron chi connectivity index (χ2n) is 6.28. The molecule has 146 valence electrons. The molecule has 28 heavy (non-hydrogen) atoms. The number of aryl methyl sites for hydroxylation is 1. The van der Waals surface area contributed by atoms with Crippen LogP contribution < -0.4 is 15.4 Å². The maximum atomic E-state index is 12.2. The fraction of sp³-hybridized carbons (Fsp3) is 0.238. The molecule has 7 nitrogen and oxygen atoms in total. The average molecular weight is 382 g/mol. The molecule has 3 aromatic rings. The molecule has 0 aliphatic heterocycles. The van der Waals surface area contributed by atoms with Crippen molar-refractivity contribution in [1.82, 2.24) is 5.32 Å². The largest absolute Gasteiger partial charge is 0.495 e. The number of amides is 2. The number of furan rings is 1. The number of hydrogen-bond donors (Lipinski definition) is 2. The van der Waals surface area contributed by atoms with E-state index in [1.807, 2.05) is 43.3 Å². The molecule has 1 atom stereocenters. The zero-order valence-electron chi connectivity index (χ0n) is 15.9. The molecule has 0 spiro atoms. The highest BCUT2D eigenvalue weighted by molar-refractivity contribution is 6.39. The number of nitrogens with one attached hydrogen (secondary N) is 2. The SMILES string of the molecule is COc1ccc(C)cc1NC(=O)C(=O)NC[C@@H](OC)c1cc2ccccc2o1. The van der Waals surface area contributed by atoms with Crippen molar-refractivity contribution in [2.45, 2.75) is 13.0 Å². The topological polar surface area (TPSA) is 89.8 Å². The predicted molar refractivity (Wildman–Crippen MR) is 105 cm³/mol. The summed E-state index contributed by atoms with van der Waals surface area (Å²) < 4.78 is 16.4. The Morgan fingerprint density at radius 1 is 1.07 bits per heavy atom. The Morgan fingerprint density at radius 2 is 1.86 bits per heavy atom. The van der Waals surface area contributed by atoms with Gasteiger partial charge >= 0.3 is 11.8 Å². The Bertz CT molecular complexity index is 962. The minimum Gasteiger partial charge on any atom is -0.495 e. The van der Waals surface area contributed by atoms with Crippen LogP contribution in [0, 0.1) is 6.92 Å². The van der Waals surface area contributed by atoms with E-state index in [1.165, 1.54) is 14.2 Å². The van der Waals surface area contributed by atoms with E-state index in [4.69, 9.17) is 13.9 Å². The first-order valence-electron chi connectivity index (χ1n) is 8.77. The number of anilines is 1. The third-order valence-corrected chi connectivity index (χ3v) is 4.30. The van der Waals surface area contributed by atoms with Gasteiger partial charge in [0.25, 0.3) is 0 Å². The molecule has 1 aromatic heterocycles. The number of carbonyl (C=O) groups excluding carboxylic acids is 2. The Hall–Kier alpha value is -3.32. The van der Waals surface area contributed by atoms with Crippen LogP contribution in [0.3, 0.4) is 0 Å². The molecule has 7 heteroatoms. The quantitative estimate of drug-likeness (QED) is 0.639. The normalized spacial score (nSPS) is 11.8. The molecule has 0 aliphatic rings. The molecule has 1 heterocycles. The molecule has 0 aliphatic carbocycles. The van der Waals surface area contributed by atoms with Crippen molar-refractivity contribution >= 4 is 28.5 Å². The van der Waals surface area contributed by atoms with Crippen LogP contribution in [-0.2, 0) is 14.3 Å². The first kappa shape index (κ1) is 19.4. The van der Waals surface area contributed by atoms with Crippen LogP contribution in [0.1, 0.15) is 17.4 Å². The molecule has 2 N–H and O–H groups in total. The monoisotopic (exact) mass is 382 g/mol. The fourth-order valence-electron chi connectivity index (χ4n) is 2.83. The number of fused-ring (bicyclic) bond motifs is 1. The minimum absolute atomic E-state index is 0.0908. The van der Waals surface area contributed by atoms with E-state index < -0.39 is 17.9 Å². The van der Waals surface area contributed by atoms with Crippen molar-refractivity contribution in [2.24, 2.45) is 0 Å². The summed E-state index contributed by atoms with van der Waals surface area (Å²) in [5.41, 5.74) is 2.10. The van der Waals surface area contributed by atoms with E-state index in [2.05, 4.69) is 10.6 Å². The summed E-state index contributed by atoms with van der Waals surface area (Å²) in [5.74, 6) is -0.515. The summed E-state index contributed by atoms with van der Waals surface area (Å²) in [6.07, 6.45) is -0.516. The van der Waals surface area contributed by atoms with Gasteiger partial charge in [-0.2, -0.15) is 0 Å². The van der Waals surface area contributed by atoms with E-state index in [-0.39, 0.29) is 6.54 Å². The van der Waals surface area contributed by atoms with Crippen molar-refractivity contribution < 1.29 is 23.5 Å². The van der Waals surface area contributed by atoms with Crippen LogP contribution in [0.5, 0.6) is 5.75 Å². The molecule has 0 saturated heterocycles. The third kappa shape index (κ3) is 4.32. The van der Waals surface area contributed by atoms with E-state index in [0.717, 1.165) is 16.5 Å². The second kappa shape index (κ2) is 8.58. The molecular formula is C21H22N2O5. The molecule has 0 saturated carbocycles. The van der Waals surface area contributed by atoms with Gasteiger partial charge in [-0.25, -0.2) is 0 Å². The smallest absolute Gasteiger partial charge is 0.313 e. The van der Waals surface area contributed by atoms with Crippen molar-refractivity contribution in [3.8, 4) is 5.75 Å². The van der Waals surface area contributed by atoms with Gasteiger partial charge in [0.2, 0.25) is 0 Å². The zero-order chi connectivity index (χ0) is 20.1. The van der Waals surface area contributed by atoms with Gasteiger partial charge in [0.05, 0.1) is 19.3 Å². The lowest BCUT2D eigenvalue weighted by Gasteiger charge is -2.14. The predicted octanol–water partition coefficient (Wildman–Crippen LogP) is 3.19. The summed E-state index contributed by atoms with van der Waals surface area (Å²) in [6.45, 7) is 1.97. The first-order chi connectivity index (χ1) is 13.5. The van der Waals surface area contributed by atoms with E-state index in [1.54, 1.807) is 12.1 Å². The molecule has 2 aromatic carbocycles. The number of methoxy groups -OCH3 is 2. The van der Waals surface area contributed by atoms with Crippen LogP contribution in [0.25, 0.3) is 11.0 Å². The van der Waals surface area contributed by atoms with Crippen LogP contribution >= 0.6 is 0 Å². The summed E-state index contributed by atoms with van der Waals surface area (Å²) in [5, 5.41) is 6.08. The number of ether oxygens (including phenoxy) is 2. The summed E-state index contributed by atoms with van der Waals surface area (Å²) in [4.78, 5) is 24.4. The molecule has 3 rings (SSSR count). The van der Waals surface area contributed by atoms with Crippen LogP contribution in [0.2, 0.25) is 0 Å². The van der Waals surface area contributed by atoms with E-state index in [9.17, 15) is 9.59 Å². The van der Waals surface area contributed by atoms with Gasteiger partial charge in [-0.1, -0.05) is 24.3 Å². The maximum absolute atomic E-state index is 12.2. The van der Waals surface area contributed by atoms with Crippen LogP contribution in [-0.4, -0.2) is 32.6 Å². The Balaban J connectivity index is 1.63. The second-order valence-corrected chi connectivity index (χ2v) is 6.28. The number of carbonyl (C=O) groups is 2. The third-order valence-electron chi connectivity index (χ3n) is 4.30. The van der Waals surface area contributed by atoms with Gasteiger partial charge in [0, 0.05) is 12.5 Å². The Morgan fingerprint density at radius 3 is 2.57 bits per heavy atom. The molecule has 0 fully saturated rings. The summed E-state index contributed by atoms with van der Waals surface area (Å²) in [7, 11) is 3.01. The molecule has 0 unspecified atom stereocenters. The Labute approximate surface area is 162 Å². The lowest BCUT2D eigenvalue weighted by Crippen LogP contribution is -2.38. The van der Waals surface area contributed by atoms with Crippen LogP contribution in [0.4, 0.5) is 5.69 Å². The van der Waals surface area contributed by atoms with Crippen molar-refractivity contribution in [3.05, 3.63) is 59.9 Å². The van der Waals surface area contributed by atoms with Gasteiger partial charge in [-0.15, -0.1) is 0 Å². The van der Waals surface area contributed by atoms with Gasteiger partial charge in [-0.3, -0.25) is 9.59 Å². The molecule has 0 bridgehead atoms. The lowest BCUT2D eigenvalue weighted by molar-refractivity contribution is -0.136. The van der Waals surface area contributed by atoms with E-state index >= 15 is 0 Å². The maximum Gasteiger partial charge on any atom is 0.313 e. The summed E-state index contributed by atoms with van der Waals surface area (Å²) in [6, 6.07) is 14.7. The number of rotatable bonds is 6. The van der Waals surface area contributed by atoms with Gasteiger partial charge in [0.1, 0.15) is 23.2 Å². The van der Waals surface area contributed by atoms with Crippen molar-refractivity contribution in [2.75, 3.05) is 26.1 Å². The van der Waals surface area contributed by atoms with Crippen molar-refractivity contribution in [3.63, 3.8) is 0 Å². The van der Waals surface area contributed by atoms with E-state index in [0.29, 0.717) is 17.2 Å². The highest BCUT2D eigenvalue weighted by Gasteiger charge is 2.20. The standard InChI is InChI=1S/C21H22N2O5/c1-13-8-9-17(26-2)15(10-13)23-21(25)20(24)22-12-19(27-3)18-11-14-6-4-5-7-16(14)28-18/h4-11,19H,12H2,1-3H3,(H,22,24)(H,23,25)/t19-/m1/s1. The Kier molecular flexibility index (Phi) is 5.96. The lowest BCUT2D eigenvalue weighted by atomic mass is 10.2. The van der Waals surface area contributed by atoms with Gasteiger partial charge in [-0.05, 0) is 36.8 Å². The van der Waals surface area contributed by atoms with Gasteiger partial charge in [0.15, 0.2) is 0 Å². The minimum atomic E-state index is -0.789. The number of para-hydroxylation sites is 1. The first-order valence-corrected chi connectivity index (χ1v) is 8.77. The zero-order valence-corrected chi connectivity index (χ0v) is 15.9. The van der Waals surface area contributed by atoms with Crippen molar-refractivity contribution in [1.29, 1.82) is 0 Å². The molecule has 0 radical (unpaired) electrons. The fourth-order valence-corrected chi connectivity index (χ4v) is 2.83. The number of hydrogen-bond acceptors (Lipinski definition) is 5. The average Bonchev–Trinajstić information content (AvgIpc) is 3.12. The molecular weight excluding hydrogens is 360 g/mol. The van der Waals surface area contributed by atoms with Crippen LogP contribution in [0.15, 0.2) is 52.9 Å². The highest BCUT2D eigenvalue weighted by atomic mass is 16.5.